The van der Waals surface area contributed by atoms with E-state index in [0.29, 0.717) is 25.6 Å². The summed E-state index contributed by atoms with van der Waals surface area (Å²) in [6.45, 7) is 12.0. The first-order valence-corrected chi connectivity index (χ1v) is 10.5. The molecule has 0 saturated carbocycles. The van der Waals surface area contributed by atoms with Crippen LogP contribution in [0.5, 0.6) is 5.75 Å². The minimum atomic E-state index is -0.0384. The maximum atomic E-state index is 12.3. The molecule has 0 fully saturated rings. The number of urea groups is 1. The fraction of sp³-hybridized carbons (Fsp3) is 0.524. The van der Waals surface area contributed by atoms with E-state index in [1.807, 2.05) is 35.4 Å². The molecule has 2 aromatic rings. The number of ether oxygens (including phenoxy) is 1. The van der Waals surface area contributed by atoms with Gasteiger partial charge in [-0.1, -0.05) is 39.0 Å². The molecule has 1 aromatic heterocycles. The molecule has 1 heterocycles. The van der Waals surface area contributed by atoms with Gasteiger partial charge < -0.3 is 15.0 Å². The fourth-order valence-corrected chi connectivity index (χ4v) is 3.49. The van der Waals surface area contributed by atoms with E-state index in [0.717, 1.165) is 22.9 Å². The van der Waals surface area contributed by atoms with Gasteiger partial charge in [-0.25, -0.2) is 9.78 Å². The Hall–Kier alpha value is -2.08. The Balaban J connectivity index is 2.02. The molecule has 0 aliphatic rings. The third kappa shape index (κ3) is 5.96. The molecule has 1 N–H and O–H groups in total. The van der Waals surface area contributed by atoms with Crippen molar-refractivity contribution in [3.8, 4) is 5.75 Å². The highest BCUT2D eigenvalue weighted by Gasteiger charge is 2.20. The summed E-state index contributed by atoms with van der Waals surface area (Å²) in [6.07, 6.45) is 0.906. The van der Waals surface area contributed by atoms with Gasteiger partial charge in [-0.3, -0.25) is 0 Å². The molecule has 1 unspecified atom stereocenters. The minimum absolute atomic E-state index is 0.0384. The van der Waals surface area contributed by atoms with E-state index in [2.05, 4.69) is 44.1 Å². The molecule has 1 atom stereocenters. The van der Waals surface area contributed by atoms with Crippen LogP contribution in [-0.4, -0.2) is 28.5 Å². The second-order valence-electron chi connectivity index (χ2n) is 6.93. The number of thiazole rings is 1. The molecule has 0 spiro atoms. The van der Waals surface area contributed by atoms with Crippen LogP contribution in [0.4, 0.5) is 4.79 Å². The number of nitrogens with one attached hydrogen (secondary N) is 1. The molecule has 2 rings (SSSR count). The molecule has 5 nitrogen and oxygen atoms in total. The standard InChI is InChI=1S/C21H31N3O2S/c1-6-16(5)24(21(25)22-7-2)12-17-14-27-20(23-17)13-26-19-11-9-8-10-18(19)15(3)4/h8-11,14-16H,6-7,12-13H2,1-5H3,(H,22,25). The third-order valence-electron chi connectivity index (χ3n) is 4.54. The Bertz CT molecular complexity index is 730. The van der Waals surface area contributed by atoms with Crippen molar-refractivity contribution >= 4 is 17.4 Å². The SMILES string of the molecule is CCNC(=O)N(Cc1csc(COc2ccccc2C(C)C)n1)C(C)CC. The molecule has 0 bridgehead atoms. The predicted octanol–water partition coefficient (Wildman–Crippen LogP) is 5.18. The van der Waals surface area contributed by atoms with E-state index in [-0.39, 0.29) is 12.1 Å². The van der Waals surface area contributed by atoms with Crippen LogP contribution in [0.3, 0.4) is 0 Å². The summed E-state index contributed by atoms with van der Waals surface area (Å²) in [5.74, 6) is 1.32. The summed E-state index contributed by atoms with van der Waals surface area (Å²) in [7, 11) is 0. The van der Waals surface area contributed by atoms with Crippen LogP contribution in [0, 0.1) is 0 Å². The van der Waals surface area contributed by atoms with Crippen LogP contribution in [0.1, 0.15) is 63.2 Å². The van der Waals surface area contributed by atoms with E-state index in [4.69, 9.17) is 4.74 Å². The van der Waals surface area contributed by atoms with Crippen molar-refractivity contribution < 1.29 is 9.53 Å². The molecule has 0 saturated heterocycles. The highest BCUT2D eigenvalue weighted by Crippen LogP contribution is 2.27. The number of para-hydroxylation sites is 1. The second kappa shape index (κ2) is 10.3. The number of hydrogen-bond donors (Lipinski definition) is 1. The van der Waals surface area contributed by atoms with Crippen molar-refractivity contribution in [2.45, 2.75) is 66.2 Å². The van der Waals surface area contributed by atoms with Crippen molar-refractivity contribution in [1.82, 2.24) is 15.2 Å². The quantitative estimate of drug-likeness (QED) is 0.643. The van der Waals surface area contributed by atoms with E-state index in [1.54, 1.807) is 11.3 Å². The van der Waals surface area contributed by atoms with Gasteiger partial charge in [-0.15, -0.1) is 11.3 Å². The van der Waals surface area contributed by atoms with Crippen LogP contribution in [0.25, 0.3) is 0 Å². The highest BCUT2D eigenvalue weighted by molar-refractivity contribution is 7.09. The van der Waals surface area contributed by atoms with Crippen LogP contribution >= 0.6 is 11.3 Å². The molecule has 1 aromatic carbocycles. The number of amides is 2. The van der Waals surface area contributed by atoms with Crippen LogP contribution < -0.4 is 10.1 Å². The molecular weight excluding hydrogens is 358 g/mol. The zero-order chi connectivity index (χ0) is 19.8. The molecule has 0 radical (unpaired) electrons. The van der Waals surface area contributed by atoms with Crippen molar-refractivity contribution in [2.24, 2.45) is 0 Å². The maximum Gasteiger partial charge on any atom is 0.317 e. The van der Waals surface area contributed by atoms with Gasteiger partial charge in [0.25, 0.3) is 0 Å². The molecule has 0 aliphatic carbocycles. The Labute approximate surface area is 166 Å². The van der Waals surface area contributed by atoms with E-state index in [1.165, 1.54) is 5.56 Å². The van der Waals surface area contributed by atoms with E-state index >= 15 is 0 Å². The van der Waals surface area contributed by atoms with Gasteiger partial charge in [0, 0.05) is 18.0 Å². The summed E-state index contributed by atoms with van der Waals surface area (Å²) in [4.78, 5) is 18.8. The second-order valence-corrected chi connectivity index (χ2v) is 7.88. The monoisotopic (exact) mass is 389 g/mol. The average Bonchev–Trinajstić information content (AvgIpc) is 3.11. The predicted molar refractivity (Wildman–Crippen MR) is 111 cm³/mol. The number of aromatic nitrogens is 1. The lowest BCUT2D eigenvalue weighted by molar-refractivity contribution is 0.173. The maximum absolute atomic E-state index is 12.3. The lowest BCUT2D eigenvalue weighted by Crippen LogP contribution is -2.44. The molecule has 6 heteroatoms. The average molecular weight is 390 g/mol. The number of rotatable bonds is 9. The molecule has 0 aliphatic heterocycles. The van der Waals surface area contributed by atoms with Gasteiger partial charge in [-0.05, 0) is 37.8 Å². The van der Waals surface area contributed by atoms with Gasteiger partial charge in [0.2, 0.25) is 0 Å². The first-order valence-electron chi connectivity index (χ1n) is 9.65. The number of benzene rings is 1. The van der Waals surface area contributed by atoms with Crippen molar-refractivity contribution in [2.75, 3.05) is 6.54 Å². The largest absolute Gasteiger partial charge is 0.486 e. The summed E-state index contributed by atoms with van der Waals surface area (Å²) < 4.78 is 6.01. The highest BCUT2D eigenvalue weighted by atomic mass is 32.1. The lowest BCUT2D eigenvalue weighted by Gasteiger charge is -2.27. The summed E-state index contributed by atoms with van der Waals surface area (Å²) in [5.41, 5.74) is 2.11. The Kier molecular flexibility index (Phi) is 8.10. The zero-order valence-electron chi connectivity index (χ0n) is 17.0. The van der Waals surface area contributed by atoms with Gasteiger partial charge in [0.1, 0.15) is 17.4 Å². The van der Waals surface area contributed by atoms with Gasteiger partial charge in [0.15, 0.2) is 0 Å². The van der Waals surface area contributed by atoms with Crippen LogP contribution in [0.2, 0.25) is 0 Å². The molecule has 148 valence electrons. The van der Waals surface area contributed by atoms with E-state index in [9.17, 15) is 4.79 Å². The number of carbonyl (C=O) groups excluding carboxylic acids is 1. The molecule has 2 amide bonds. The van der Waals surface area contributed by atoms with Crippen molar-refractivity contribution in [1.29, 1.82) is 0 Å². The molecular formula is C21H31N3O2S. The Morgan fingerprint density at radius 2 is 2.00 bits per heavy atom. The van der Waals surface area contributed by atoms with Crippen molar-refractivity contribution in [3.05, 3.63) is 45.9 Å². The Morgan fingerprint density at radius 1 is 1.26 bits per heavy atom. The first-order chi connectivity index (χ1) is 13.0. The number of carbonyl (C=O) groups is 1. The lowest BCUT2D eigenvalue weighted by atomic mass is 10.0. The Morgan fingerprint density at radius 3 is 2.67 bits per heavy atom. The van der Waals surface area contributed by atoms with Crippen LogP contribution in [0.15, 0.2) is 29.6 Å². The van der Waals surface area contributed by atoms with Gasteiger partial charge in [-0.2, -0.15) is 0 Å². The molecule has 27 heavy (non-hydrogen) atoms. The van der Waals surface area contributed by atoms with Crippen molar-refractivity contribution in [3.63, 3.8) is 0 Å². The third-order valence-corrected chi connectivity index (χ3v) is 5.41. The normalized spacial score (nSPS) is 12.1. The zero-order valence-corrected chi connectivity index (χ0v) is 17.8. The minimum Gasteiger partial charge on any atom is -0.486 e. The topological polar surface area (TPSA) is 54.5 Å². The summed E-state index contributed by atoms with van der Waals surface area (Å²) in [5, 5.41) is 5.82. The van der Waals surface area contributed by atoms with Gasteiger partial charge in [0.05, 0.1) is 12.2 Å². The number of hydrogen-bond acceptors (Lipinski definition) is 4. The first kappa shape index (κ1) is 21.2. The smallest absolute Gasteiger partial charge is 0.317 e. The number of nitrogens with zero attached hydrogens (tertiary/aromatic N) is 2. The van der Waals surface area contributed by atoms with Crippen LogP contribution in [-0.2, 0) is 13.2 Å². The summed E-state index contributed by atoms with van der Waals surface area (Å²) >= 11 is 1.57. The van der Waals surface area contributed by atoms with E-state index < -0.39 is 0 Å². The summed E-state index contributed by atoms with van der Waals surface area (Å²) in [6, 6.07) is 8.26. The van der Waals surface area contributed by atoms with Gasteiger partial charge >= 0.3 is 6.03 Å². The fourth-order valence-electron chi connectivity index (χ4n) is 2.79.